The third-order valence-electron chi connectivity index (χ3n) is 2.93. The first-order valence-corrected chi connectivity index (χ1v) is 6.34. The van der Waals surface area contributed by atoms with Gasteiger partial charge in [0.2, 0.25) is 12.1 Å². The number of hydrogen-bond acceptors (Lipinski definition) is 5. The van der Waals surface area contributed by atoms with Crippen molar-refractivity contribution in [3.8, 4) is 11.1 Å². The Morgan fingerprint density at radius 2 is 1.86 bits per heavy atom. The van der Waals surface area contributed by atoms with Gasteiger partial charge in [0.25, 0.3) is 5.91 Å². The number of amides is 2. The molecule has 0 aromatic heterocycles. The summed E-state index contributed by atoms with van der Waals surface area (Å²) in [6.45, 7) is 2.46. The van der Waals surface area contributed by atoms with Crippen LogP contribution in [0, 0.1) is 0 Å². The Balaban J connectivity index is 0.000000218. The largest absolute Gasteiger partial charge is 0.436 e. The fourth-order valence-corrected chi connectivity index (χ4v) is 1.90. The molecule has 2 aliphatic carbocycles. The lowest BCUT2D eigenvalue weighted by molar-refractivity contribution is -0.223. The number of hydrogen-bond donors (Lipinski definition) is 1. The van der Waals surface area contributed by atoms with Gasteiger partial charge < -0.3 is 9.47 Å². The fraction of sp³-hybridized carbons (Fsp3) is 0.357. The van der Waals surface area contributed by atoms with E-state index in [-0.39, 0.29) is 0 Å². The van der Waals surface area contributed by atoms with Crippen LogP contribution in [-0.2, 0) is 23.9 Å². The van der Waals surface area contributed by atoms with Crippen molar-refractivity contribution in [2.24, 2.45) is 0 Å². The van der Waals surface area contributed by atoms with Crippen molar-refractivity contribution in [1.82, 2.24) is 10.4 Å². The molecule has 7 heteroatoms. The van der Waals surface area contributed by atoms with Gasteiger partial charge in [0.05, 0.1) is 0 Å². The summed E-state index contributed by atoms with van der Waals surface area (Å²) >= 11 is 0. The van der Waals surface area contributed by atoms with E-state index < -0.39 is 30.1 Å². The van der Waals surface area contributed by atoms with Crippen LogP contribution in [0.5, 0.6) is 0 Å². The number of methoxy groups -OCH3 is 1. The molecule has 0 saturated carbocycles. The summed E-state index contributed by atoms with van der Waals surface area (Å²) in [7, 11) is 1.32. The second-order valence-electron chi connectivity index (χ2n) is 4.61. The van der Waals surface area contributed by atoms with Crippen LogP contribution in [0.15, 0.2) is 24.3 Å². The summed E-state index contributed by atoms with van der Waals surface area (Å²) in [5.74, 6) is -1.42. The lowest BCUT2D eigenvalue weighted by atomic mass is 10.1. The van der Waals surface area contributed by atoms with E-state index in [0.717, 1.165) is 5.01 Å². The zero-order chi connectivity index (χ0) is 15.6. The maximum absolute atomic E-state index is 11.3. The minimum Gasteiger partial charge on any atom is -0.436 e. The number of rotatable bonds is 3. The van der Waals surface area contributed by atoms with Crippen LogP contribution in [0.3, 0.4) is 0 Å². The van der Waals surface area contributed by atoms with Crippen LogP contribution in [-0.4, -0.2) is 42.2 Å². The van der Waals surface area contributed by atoms with Crippen molar-refractivity contribution in [2.45, 2.75) is 26.2 Å². The molecule has 1 saturated heterocycles. The molecule has 0 radical (unpaired) electrons. The average molecular weight is 292 g/mol. The van der Waals surface area contributed by atoms with Crippen LogP contribution in [0.25, 0.3) is 11.1 Å². The molecule has 1 heterocycles. The predicted octanol–water partition coefficient (Wildman–Crippen LogP) is 0.451. The molecule has 112 valence electrons. The summed E-state index contributed by atoms with van der Waals surface area (Å²) < 4.78 is 9.60. The molecular formula is C14H16N2O5. The Kier molecular flexibility index (Phi) is 4.23. The number of β-lactam (4-membered cyclic amide) rings is 1. The molecule has 0 spiro atoms. The minimum absolute atomic E-state index is 0.421. The van der Waals surface area contributed by atoms with Gasteiger partial charge >= 0.3 is 5.97 Å². The fourth-order valence-electron chi connectivity index (χ4n) is 1.90. The zero-order valence-corrected chi connectivity index (χ0v) is 12.0. The first-order valence-electron chi connectivity index (χ1n) is 6.34. The molecule has 2 unspecified atom stereocenters. The van der Waals surface area contributed by atoms with Gasteiger partial charge in [0.15, 0.2) is 6.10 Å². The molecule has 2 amide bonds. The normalized spacial score (nSPS) is 20.7. The molecule has 3 rings (SSSR count). The van der Waals surface area contributed by atoms with E-state index >= 15 is 0 Å². The minimum atomic E-state index is -0.885. The second-order valence-corrected chi connectivity index (χ2v) is 4.61. The van der Waals surface area contributed by atoms with E-state index in [1.807, 2.05) is 0 Å². The molecule has 1 aliphatic heterocycles. The number of benzene rings is 1. The number of nitrogens with zero attached hydrogens (tertiary/aromatic N) is 1. The molecule has 2 atom stereocenters. The third-order valence-corrected chi connectivity index (χ3v) is 2.93. The predicted molar refractivity (Wildman–Crippen MR) is 72.4 cm³/mol. The van der Waals surface area contributed by atoms with Crippen LogP contribution in [0.2, 0.25) is 0 Å². The number of carbonyl (C=O) groups excluding carboxylic acids is 3. The van der Waals surface area contributed by atoms with Gasteiger partial charge in [-0.15, -0.1) is 0 Å². The van der Waals surface area contributed by atoms with Crippen LogP contribution < -0.4 is 5.43 Å². The monoisotopic (exact) mass is 292 g/mol. The molecule has 0 aromatic carbocycles. The van der Waals surface area contributed by atoms with Gasteiger partial charge in [-0.2, -0.15) is 0 Å². The molecular weight excluding hydrogens is 276 g/mol. The molecule has 3 aliphatic rings. The van der Waals surface area contributed by atoms with Crippen molar-refractivity contribution >= 4 is 17.8 Å². The van der Waals surface area contributed by atoms with Crippen molar-refractivity contribution in [2.75, 3.05) is 7.11 Å². The number of fused-ring (bicyclic) bond motifs is 1. The van der Waals surface area contributed by atoms with E-state index in [0.29, 0.717) is 0 Å². The zero-order valence-electron chi connectivity index (χ0n) is 12.0. The third kappa shape index (κ3) is 3.38. The maximum atomic E-state index is 11.3. The Bertz CT molecular complexity index is 569. The van der Waals surface area contributed by atoms with Gasteiger partial charge in [-0.1, -0.05) is 18.2 Å². The number of esters is 1. The van der Waals surface area contributed by atoms with Gasteiger partial charge in [-0.25, -0.2) is 5.01 Å². The number of hydrazine groups is 1. The van der Waals surface area contributed by atoms with Gasteiger partial charge in [0, 0.05) is 21.0 Å². The van der Waals surface area contributed by atoms with E-state index in [4.69, 9.17) is 9.47 Å². The standard InChI is InChI=1S/C8H12N2O5.C6H4/c1-4(11)9-10-7(13)6(14-3)8(10)15-5(2)12;1-2-5-4-6(5)3-1/h6,8H,1-3H3,(H,9,11);1-4H. The second kappa shape index (κ2) is 5.92. The summed E-state index contributed by atoms with van der Waals surface area (Å²) in [6.07, 6.45) is -1.73. The number of carbonyl (C=O) groups is 3. The highest BCUT2D eigenvalue weighted by Gasteiger charge is 2.51. The molecule has 1 fully saturated rings. The topological polar surface area (TPSA) is 84.9 Å². The summed E-state index contributed by atoms with van der Waals surface area (Å²) in [4.78, 5) is 32.8. The molecule has 21 heavy (non-hydrogen) atoms. The number of ether oxygens (including phenoxy) is 2. The van der Waals surface area contributed by atoms with Crippen molar-refractivity contribution < 1.29 is 23.9 Å². The average Bonchev–Trinajstić information content (AvgIpc) is 3.02. The smallest absolute Gasteiger partial charge is 0.304 e. The highest BCUT2D eigenvalue weighted by atomic mass is 16.6. The SMILES string of the molecule is COC1C(=O)N(NC(C)=O)C1OC(C)=O.c1cc2cc-2c1. The van der Waals surface area contributed by atoms with Crippen molar-refractivity contribution in [3.63, 3.8) is 0 Å². The lowest BCUT2D eigenvalue weighted by Gasteiger charge is -2.43. The van der Waals surface area contributed by atoms with E-state index in [2.05, 4.69) is 29.7 Å². The molecule has 7 nitrogen and oxygen atoms in total. The van der Waals surface area contributed by atoms with Crippen LogP contribution in [0.4, 0.5) is 0 Å². The van der Waals surface area contributed by atoms with Crippen molar-refractivity contribution in [1.29, 1.82) is 0 Å². The van der Waals surface area contributed by atoms with Crippen LogP contribution in [0.1, 0.15) is 13.8 Å². The quantitative estimate of drug-likeness (QED) is 0.656. The number of nitrogens with one attached hydrogen (secondary N) is 1. The van der Waals surface area contributed by atoms with E-state index in [1.54, 1.807) is 0 Å². The Morgan fingerprint density at radius 3 is 2.19 bits per heavy atom. The lowest BCUT2D eigenvalue weighted by Crippen LogP contribution is -2.71. The van der Waals surface area contributed by atoms with E-state index in [1.165, 1.54) is 32.1 Å². The highest BCUT2D eigenvalue weighted by molar-refractivity contribution is 5.90. The first kappa shape index (κ1) is 15.0. The van der Waals surface area contributed by atoms with Crippen molar-refractivity contribution in [3.05, 3.63) is 24.3 Å². The summed E-state index contributed by atoms with van der Waals surface area (Å²) in [6, 6.07) is 8.48. The summed E-state index contributed by atoms with van der Waals surface area (Å²) in [5, 5.41) is 0.928. The molecule has 0 aromatic rings. The van der Waals surface area contributed by atoms with Gasteiger partial charge in [-0.05, 0) is 17.2 Å². The van der Waals surface area contributed by atoms with Gasteiger partial charge in [0.1, 0.15) is 0 Å². The van der Waals surface area contributed by atoms with Gasteiger partial charge in [-0.3, -0.25) is 19.8 Å². The van der Waals surface area contributed by atoms with E-state index in [9.17, 15) is 14.4 Å². The van der Waals surface area contributed by atoms with Crippen LogP contribution >= 0.6 is 0 Å². The highest BCUT2D eigenvalue weighted by Crippen LogP contribution is 2.32. The molecule has 1 N–H and O–H groups in total. The molecule has 0 bridgehead atoms. The Hall–Kier alpha value is -2.41. The maximum Gasteiger partial charge on any atom is 0.304 e. The first-order chi connectivity index (χ1) is 9.93. The summed E-state index contributed by atoms with van der Waals surface area (Å²) in [5.41, 5.74) is 5.09. The Labute approximate surface area is 121 Å². The Morgan fingerprint density at radius 1 is 1.24 bits per heavy atom.